The van der Waals surface area contributed by atoms with Crippen LogP contribution in [0.2, 0.25) is 0 Å². The maximum Gasteiger partial charge on any atom is 0.269 e. The van der Waals surface area contributed by atoms with Crippen LogP contribution >= 0.6 is 0 Å². The lowest BCUT2D eigenvalue weighted by Gasteiger charge is -2.25. The standard InChI is InChI=1S/C20H27N3O3/c1-5-23-18(10-17(22-23)13(2)3)20(24)21-11-14-8-15-6-7-16(25-4)9-19(15)26-12-14/h6-7,9-10,13-14H,5,8,11-12H2,1-4H3,(H,21,24)/t14-/m1/s1. The van der Waals surface area contributed by atoms with Gasteiger partial charge in [0.2, 0.25) is 0 Å². The van der Waals surface area contributed by atoms with Gasteiger partial charge in [0.05, 0.1) is 19.4 Å². The van der Waals surface area contributed by atoms with Crippen LogP contribution in [0.1, 0.15) is 48.4 Å². The largest absolute Gasteiger partial charge is 0.497 e. The molecular weight excluding hydrogens is 330 g/mol. The molecular formula is C20H27N3O3. The van der Waals surface area contributed by atoms with Crippen LogP contribution in [0.3, 0.4) is 0 Å². The van der Waals surface area contributed by atoms with E-state index in [1.54, 1.807) is 11.8 Å². The maximum atomic E-state index is 12.6. The number of hydrogen-bond acceptors (Lipinski definition) is 4. The number of fused-ring (bicyclic) bond motifs is 1. The van der Waals surface area contributed by atoms with Gasteiger partial charge in [0.1, 0.15) is 17.2 Å². The molecule has 2 heterocycles. The van der Waals surface area contributed by atoms with Gasteiger partial charge in [-0.25, -0.2) is 0 Å². The molecule has 0 unspecified atom stereocenters. The van der Waals surface area contributed by atoms with Gasteiger partial charge in [0.25, 0.3) is 5.91 Å². The molecule has 0 radical (unpaired) electrons. The van der Waals surface area contributed by atoms with Crippen LogP contribution in [0.15, 0.2) is 24.3 Å². The van der Waals surface area contributed by atoms with E-state index in [1.165, 1.54) is 0 Å². The summed E-state index contributed by atoms with van der Waals surface area (Å²) in [5.41, 5.74) is 2.72. The summed E-state index contributed by atoms with van der Waals surface area (Å²) in [6, 6.07) is 7.78. The fourth-order valence-electron chi connectivity index (χ4n) is 3.14. The van der Waals surface area contributed by atoms with E-state index in [9.17, 15) is 4.79 Å². The van der Waals surface area contributed by atoms with E-state index in [0.717, 1.165) is 29.2 Å². The molecule has 1 aromatic heterocycles. The van der Waals surface area contributed by atoms with Gasteiger partial charge in [-0.05, 0) is 37.0 Å². The molecule has 6 heteroatoms. The van der Waals surface area contributed by atoms with Crippen molar-refractivity contribution in [2.75, 3.05) is 20.3 Å². The number of amides is 1. The van der Waals surface area contributed by atoms with Crippen molar-refractivity contribution < 1.29 is 14.3 Å². The topological polar surface area (TPSA) is 65.4 Å². The molecule has 6 nitrogen and oxygen atoms in total. The predicted molar refractivity (Wildman–Crippen MR) is 100 cm³/mol. The van der Waals surface area contributed by atoms with Gasteiger partial charge in [-0.2, -0.15) is 5.10 Å². The fraction of sp³-hybridized carbons (Fsp3) is 0.500. The van der Waals surface area contributed by atoms with Crippen LogP contribution in [0.5, 0.6) is 11.5 Å². The first-order valence-corrected chi connectivity index (χ1v) is 9.17. The second-order valence-electron chi connectivity index (χ2n) is 6.99. The van der Waals surface area contributed by atoms with E-state index in [1.807, 2.05) is 31.2 Å². The zero-order valence-electron chi connectivity index (χ0n) is 15.9. The van der Waals surface area contributed by atoms with Gasteiger partial charge in [-0.1, -0.05) is 19.9 Å². The van der Waals surface area contributed by atoms with Crippen LogP contribution in [0.4, 0.5) is 0 Å². The summed E-state index contributed by atoms with van der Waals surface area (Å²) in [5, 5.41) is 7.55. The molecule has 0 spiro atoms. The third-order valence-corrected chi connectivity index (χ3v) is 4.73. The average Bonchev–Trinajstić information content (AvgIpc) is 3.10. The molecule has 1 aliphatic rings. The number of hydrogen-bond donors (Lipinski definition) is 1. The molecule has 0 saturated heterocycles. The van der Waals surface area contributed by atoms with Crippen LogP contribution < -0.4 is 14.8 Å². The van der Waals surface area contributed by atoms with Crippen LogP contribution in [-0.4, -0.2) is 35.9 Å². The van der Waals surface area contributed by atoms with Crippen molar-refractivity contribution in [1.29, 1.82) is 0 Å². The third kappa shape index (κ3) is 3.84. The zero-order chi connectivity index (χ0) is 18.7. The van der Waals surface area contributed by atoms with Crippen molar-refractivity contribution in [3.05, 3.63) is 41.2 Å². The molecule has 0 aliphatic carbocycles. The first-order valence-electron chi connectivity index (χ1n) is 9.17. The Bertz CT molecular complexity index is 783. The molecule has 1 aliphatic heterocycles. The molecule has 1 atom stereocenters. The van der Waals surface area contributed by atoms with Crippen molar-refractivity contribution in [3.63, 3.8) is 0 Å². The number of nitrogens with one attached hydrogen (secondary N) is 1. The van der Waals surface area contributed by atoms with E-state index in [4.69, 9.17) is 9.47 Å². The first kappa shape index (κ1) is 18.3. The van der Waals surface area contributed by atoms with Crippen LogP contribution in [-0.2, 0) is 13.0 Å². The Hall–Kier alpha value is -2.50. The van der Waals surface area contributed by atoms with Crippen LogP contribution in [0, 0.1) is 5.92 Å². The maximum absolute atomic E-state index is 12.6. The Morgan fingerprint density at radius 1 is 1.42 bits per heavy atom. The Morgan fingerprint density at radius 3 is 2.92 bits per heavy atom. The SMILES string of the molecule is CCn1nc(C(C)C)cc1C(=O)NC[C@@H]1COc2cc(OC)ccc2C1. The molecule has 26 heavy (non-hydrogen) atoms. The van der Waals surface area contributed by atoms with Gasteiger partial charge in [-0.15, -0.1) is 0 Å². The number of aromatic nitrogens is 2. The number of carbonyl (C=O) groups is 1. The van der Waals surface area contributed by atoms with Gasteiger partial charge < -0.3 is 14.8 Å². The Kier molecular flexibility index (Phi) is 5.49. The third-order valence-electron chi connectivity index (χ3n) is 4.73. The van der Waals surface area contributed by atoms with Crippen molar-refractivity contribution >= 4 is 5.91 Å². The van der Waals surface area contributed by atoms with Gasteiger partial charge in [0.15, 0.2) is 0 Å². The number of benzene rings is 1. The number of rotatable bonds is 6. The molecule has 1 N–H and O–H groups in total. The van der Waals surface area contributed by atoms with E-state index in [2.05, 4.69) is 24.3 Å². The Labute approximate surface area is 154 Å². The lowest BCUT2D eigenvalue weighted by molar-refractivity contribution is 0.0928. The highest BCUT2D eigenvalue weighted by Crippen LogP contribution is 2.30. The number of aryl methyl sites for hydroxylation is 1. The summed E-state index contributed by atoms with van der Waals surface area (Å²) < 4.78 is 12.8. The van der Waals surface area contributed by atoms with Crippen molar-refractivity contribution in [2.24, 2.45) is 5.92 Å². The zero-order valence-corrected chi connectivity index (χ0v) is 15.9. The van der Waals surface area contributed by atoms with Crippen molar-refractivity contribution in [3.8, 4) is 11.5 Å². The van der Waals surface area contributed by atoms with Crippen molar-refractivity contribution in [1.82, 2.24) is 15.1 Å². The fourth-order valence-corrected chi connectivity index (χ4v) is 3.14. The lowest BCUT2D eigenvalue weighted by Crippen LogP contribution is -2.35. The summed E-state index contributed by atoms with van der Waals surface area (Å²) in [6.45, 7) is 8.00. The summed E-state index contributed by atoms with van der Waals surface area (Å²) in [6.07, 6.45) is 0.879. The average molecular weight is 357 g/mol. The molecule has 0 fully saturated rings. The van der Waals surface area contributed by atoms with Gasteiger partial charge in [-0.3, -0.25) is 9.48 Å². The second kappa shape index (κ2) is 7.81. The molecule has 2 aromatic rings. The quantitative estimate of drug-likeness (QED) is 0.863. The Balaban J connectivity index is 1.62. The molecule has 3 rings (SSSR count). The summed E-state index contributed by atoms with van der Waals surface area (Å²) >= 11 is 0. The number of ether oxygens (including phenoxy) is 2. The number of nitrogens with zero attached hydrogens (tertiary/aromatic N) is 2. The number of carbonyl (C=O) groups excluding carboxylic acids is 1. The van der Waals surface area contributed by atoms with E-state index in [-0.39, 0.29) is 11.8 Å². The molecule has 1 amide bonds. The van der Waals surface area contributed by atoms with Gasteiger partial charge >= 0.3 is 0 Å². The number of methoxy groups -OCH3 is 1. The summed E-state index contributed by atoms with van der Waals surface area (Å²) in [5.74, 6) is 2.14. The van der Waals surface area contributed by atoms with E-state index in [0.29, 0.717) is 31.3 Å². The highest BCUT2D eigenvalue weighted by atomic mass is 16.5. The summed E-state index contributed by atoms with van der Waals surface area (Å²) in [7, 11) is 1.65. The van der Waals surface area contributed by atoms with E-state index >= 15 is 0 Å². The van der Waals surface area contributed by atoms with Crippen LogP contribution in [0.25, 0.3) is 0 Å². The van der Waals surface area contributed by atoms with Gasteiger partial charge in [0, 0.05) is 25.1 Å². The van der Waals surface area contributed by atoms with E-state index < -0.39 is 0 Å². The smallest absolute Gasteiger partial charge is 0.269 e. The highest BCUT2D eigenvalue weighted by molar-refractivity contribution is 5.92. The minimum Gasteiger partial charge on any atom is -0.497 e. The Morgan fingerprint density at radius 2 is 2.23 bits per heavy atom. The minimum absolute atomic E-state index is 0.0771. The predicted octanol–water partition coefficient (Wildman–Crippen LogP) is 3.02. The molecule has 0 bridgehead atoms. The lowest BCUT2D eigenvalue weighted by atomic mass is 9.96. The second-order valence-corrected chi connectivity index (χ2v) is 6.99. The molecule has 0 saturated carbocycles. The molecule has 140 valence electrons. The van der Waals surface area contributed by atoms with Crippen molar-refractivity contribution in [2.45, 2.75) is 39.7 Å². The summed E-state index contributed by atoms with van der Waals surface area (Å²) in [4.78, 5) is 12.6. The monoisotopic (exact) mass is 357 g/mol. The minimum atomic E-state index is -0.0771. The highest BCUT2D eigenvalue weighted by Gasteiger charge is 2.22. The normalized spacial score (nSPS) is 16.1. The molecule has 1 aromatic carbocycles. The first-order chi connectivity index (χ1) is 12.5.